The van der Waals surface area contributed by atoms with E-state index in [4.69, 9.17) is 0 Å². The first-order valence-corrected chi connectivity index (χ1v) is 9.18. The number of aromatic amines is 2. The molecular formula is C19H24N6O. The van der Waals surface area contributed by atoms with Gasteiger partial charge in [0.1, 0.15) is 5.69 Å². The lowest BCUT2D eigenvalue weighted by Crippen LogP contribution is -2.43. The number of imidazole rings is 1. The molecule has 0 atom stereocenters. The van der Waals surface area contributed by atoms with Crippen LogP contribution in [0.1, 0.15) is 48.7 Å². The largest absolute Gasteiger partial charge is 0.349 e. The van der Waals surface area contributed by atoms with Crippen LogP contribution in [0.15, 0.2) is 24.3 Å². The van der Waals surface area contributed by atoms with Gasteiger partial charge in [0.05, 0.1) is 22.3 Å². The van der Waals surface area contributed by atoms with Crippen molar-refractivity contribution < 1.29 is 4.79 Å². The van der Waals surface area contributed by atoms with Crippen LogP contribution in [-0.2, 0) is 0 Å². The van der Waals surface area contributed by atoms with Gasteiger partial charge in [-0.05, 0) is 44.0 Å². The van der Waals surface area contributed by atoms with E-state index in [2.05, 4.69) is 44.6 Å². The second-order valence-electron chi connectivity index (χ2n) is 7.12. The number of rotatable bonds is 4. The summed E-state index contributed by atoms with van der Waals surface area (Å²) in [5, 5.41) is 14.0. The van der Waals surface area contributed by atoms with Crippen LogP contribution in [0.25, 0.3) is 22.6 Å². The van der Waals surface area contributed by atoms with E-state index in [-0.39, 0.29) is 17.9 Å². The average Bonchev–Trinajstić information content (AvgIpc) is 3.26. The Balaban J connectivity index is 1.71. The van der Waals surface area contributed by atoms with Crippen LogP contribution in [0.5, 0.6) is 0 Å². The molecule has 0 radical (unpaired) electrons. The number of nitrogens with one attached hydrogen (secondary N) is 4. The Morgan fingerprint density at radius 3 is 2.73 bits per heavy atom. The molecule has 1 aliphatic rings. The standard InChI is InChI=1S/C19H24N6O/c1-11(2)16-15(19(26)21-12-7-9-20-10-8-12)17(25-24-16)18-22-13-5-3-4-6-14(13)23-18/h3-6,11-12,20H,7-10H2,1-2H3,(H,21,26)(H,22,23)(H,24,25). The molecule has 7 nitrogen and oxygen atoms in total. The van der Waals surface area contributed by atoms with Gasteiger partial charge in [0.2, 0.25) is 0 Å². The maximum absolute atomic E-state index is 13.1. The Morgan fingerprint density at radius 1 is 1.23 bits per heavy atom. The van der Waals surface area contributed by atoms with Gasteiger partial charge in [-0.3, -0.25) is 9.89 Å². The highest BCUT2D eigenvalue weighted by Crippen LogP contribution is 2.28. The molecule has 2 aromatic heterocycles. The Labute approximate surface area is 152 Å². The summed E-state index contributed by atoms with van der Waals surface area (Å²) in [5.74, 6) is 0.698. The first-order valence-electron chi connectivity index (χ1n) is 9.18. The molecule has 0 saturated carbocycles. The number of carbonyl (C=O) groups excluding carboxylic acids is 1. The predicted octanol–water partition coefficient (Wildman–Crippen LogP) is 2.56. The summed E-state index contributed by atoms with van der Waals surface area (Å²) in [6.07, 6.45) is 1.89. The Hall–Kier alpha value is -2.67. The minimum atomic E-state index is -0.0789. The van der Waals surface area contributed by atoms with Crippen LogP contribution in [0.4, 0.5) is 0 Å². The summed E-state index contributed by atoms with van der Waals surface area (Å²) in [6, 6.07) is 8.01. The Bertz CT molecular complexity index is 886. The summed E-state index contributed by atoms with van der Waals surface area (Å²) in [7, 11) is 0. The quantitative estimate of drug-likeness (QED) is 0.580. The smallest absolute Gasteiger partial charge is 0.255 e. The van der Waals surface area contributed by atoms with Gasteiger partial charge in [-0.2, -0.15) is 5.10 Å². The van der Waals surface area contributed by atoms with Crippen molar-refractivity contribution in [1.29, 1.82) is 0 Å². The van der Waals surface area contributed by atoms with Crippen molar-refractivity contribution in [2.24, 2.45) is 0 Å². The fraction of sp³-hybridized carbons (Fsp3) is 0.421. The van der Waals surface area contributed by atoms with Crippen molar-refractivity contribution in [2.45, 2.75) is 38.6 Å². The monoisotopic (exact) mass is 352 g/mol. The number of fused-ring (bicyclic) bond motifs is 1. The minimum Gasteiger partial charge on any atom is -0.349 e. The van der Waals surface area contributed by atoms with Crippen molar-refractivity contribution >= 4 is 16.9 Å². The molecular weight excluding hydrogens is 328 g/mol. The number of hydrogen-bond acceptors (Lipinski definition) is 4. The number of aromatic nitrogens is 4. The second-order valence-corrected chi connectivity index (χ2v) is 7.12. The van der Waals surface area contributed by atoms with E-state index in [1.54, 1.807) is 0 Å². The SMILES string of the molecule is CC(C)c1[nH]nc(-c2nc3ccccc3[nH]2)c1C(=O)NC1CCNCC1. The number of hydrogen-bond donors (Lipinski definition) is 4. The van der Waals surface area contributed by atoms with E-state index in [9.17, 15) is 4.79 Å². The number of para-hydroxylation sites is 2. The Morgan fingerprint density at radius 2 is 2.00 bits per heavy atom. The fourth-order valence-corrected chi connectivity index (χ4v) is 3.46. The summed E-state index contributed by atoms with van der Waals surface area (Å²) in [5.41, 5.74) is 3.81. The summed E-state index contributed by atoms with van der Waals surface area (Å²) < 4.78 is 0. The molecule has 0 aliphatic carbocycles. The molecule has 1 fully saturated rings. The molecule has 136 valence electrons. The van der Waals surface area contributed by atoms with Crippen LogP contribution in [0.2, 0.25) is 0 Å². The highest BCUT2D eigenvalue weighted by atomic mass is 16.1. The number of piperidine rings is 1. The van der Waals surface area contributed by atoms with Gasteiger partial charge in [0, 0.05) is 6.04 Å². The van der Waals surface area contributed by atoms with Crippen LogP contribution < -0.4 is 10.6 Å². The zero-order chi connectivity index (χ0) is 18.1. The molecule has 1 amide bonds. The van der Waals surface area contributed by atoms with Crippen LogP contribution in [0.3, 0.4) is 0 Å². The summed E-state index contributed by atoms with van der Waals surface area (Å²) in [4.78, 5) is 21.0. The number of nitrogens with zero attached hydrogens (tertiary/aromatic N) is 2. The molecule has 1 saturated heterocycles. The van der Waals surface area contributed by atoms with Gasteiger partial charge in [-0.25, -0.2) is 4.98 Å². The van der Waals surface area contributed by atoms with E-state index in [1.807, 2.05) is 24.3 Å². The van der Waals surface area contributed by atoms with Gasteiger partial charge in [0.25, 0.3) is 5.91 Å². The average molecular weight is 352 g/mol. The highest BCUT2D eigenvalue weighted by molar-refractivity contribution is 6.01. The summed E-state index contributed by atoms with van der Waals surface area (Å²) in [6.45, 7) is 5.97. The zero-order valence-corrected chi connectivity index (χ0v) is 15.1. The van der Waals surface area contributed by atoms with Crippen molar-refractivity contribution in [2.75, 3.05) is 13.1 Å². The van der Waals surface area contributed by atoms with E-state index >= 15 is 0 Å². The van der Waals surface area contributed by atoms with Gasteiger partial charge in [-0.1, -0.05) is 26.0 Å². The van der Waals surface area contributed by atoms with Crippen molar-refractivity contribution in [3.05, 3.63) is 35.5 Å². The van der Waals surface area contributed by atoms with Gasteiger partial charge in [0.15, 0.2) is 5.82 Å². The predicted molar refractivity (Wildman–Crippen MR) is 101 cm³/mol. The van der Waals surface area contributed by atoms with E-state index < -0.39 is 0 Å². The molecule has 4 N–H and O–H groups in total. The maximum Gasteiger partial charge on any atom is 0.255 e. The molecule has 0 unspecified atom stereocenters. The lowest BCUT2D eigenvalue weighted by molar-refractivity contribution is 0.0929. The third-order valence-corrected chi connectivity index (χ3v) is 4.89. The Kier molecular flexibility index (Phi) is 4.46. The molecule has 0 spiro atoms. The molecule has 1 aliphatic heterocycles. The first-order chi connectivity index (χ1) is 12.6. The van der Waals surface area contributed by atoms with Crippen LogP contribution in [0, 0.1) is 0 Å². The highest BCUT2D eigenvalue weighted by Gasteiger charge is 2.27. The molecule has 3 heterocycles. The fourth-order valence-electron chi connectivity index (χ4n) is 3.46. The lowest BCUT2D eigenvalue weighted by Gasteiger charge is -2.24. The second kappa shape index (κ2) is 6.92. The molecule has 0 bridgehead atoms. The number of benzene rings is 1. The van der Waals surface area contributed by atoms with Crippen molar-refractivity contribution in [3.63, 3.8) is 0 Å². The van der Waals surface area contributed by atoms with Crippen molar-refractivity contribution in [1.82, 2.24) is 30.8 Å². The topological polar surface area (TPSA) is 98.5 Å². The van der Waals surface area contributed by atoms with Crippen LogP contribution in [-0.4, -0.2) is 45.2 Å². The van der Waals surface area contributed by atoms with E-state index in [1.165, 1.54) is 0 Å². The number of H-pyrrole nitrogens is 2. The first kappa shape index (κ1) is 16.8. The normalized spacial score (nSPS) is 15.7. The molecule has 7 heteroatoms. The van der Waals surface area contributed by atoms with Crippen molar-refractivity contribution in [3.8, 4) is 11.5 Å². The zero-order valence-electron chi connectivity index (χ0n) is 15.1. The van der Waals surface area contributed by atoms with Gasteiger partial charge >= 0.3 is 0 Å². The number of amides is 1. The third-order valence-electron chi connectivity index (χ3n) is 4.89. The third kappa shape index (κ3) is 3.10. The minimum absolute atomic E-state index is 0.0789. The molecule has 3 aromatic rings. The maximum atomic E-state index is 13.1. The van der Waals surface area contributed by atoms with E-state index in [0.29, 0.717) is 17.1 Å². The molecule has 4 rings (SSSR count). The van der Waals surface area contributed by atoms with Gasteiger partial charge < -0.3 is 15.6 Å². The summed E-state index contributed by atoms with van der Waals surface area (Å²) >= 11 is 0. The van der Waals surface area contributed by atoms with Crippen LogP contribution >= 0.6 is 0 Å². The molecule has 1 aromatic carbocycles. The number of carbonyl (C=O) groups is 1. The van der Waals surface area contributed by atoms with Gasteiger partial charge in [-0.15, -0.1) is 0 Å². The lowest BCUT2D eigenvalue weighted by atomic mass is 10.0. The van der Waals surface area contributed by atoms with E-state index in [0.717, 1.165) is 42.7 Å². The molecule has 26 heavy (non-hydrogen) atoms.